The van der Waals surface area contributed by atoms with Crippen LogP contribution in [0, 0.1) is 0 Å². The molecule has 10 rings (SSSR count). The normalized spacial score (nSPS) is 12.0. The van der Waals surface area contributed by atoms with Crippen molar-refractivity contribution in [1.29, 1.82) is 0 Å². The maximum absolute atomic E-state index is 8.10. The second-order valence-electron chi connectivity index (χ2n) is 12.7. The molecular weight excluding hydrogens is 609 g/mol. The van der Waals surface area contributed by atoms with E-state index in [1.807, 2.05) is 23.5 Å². The van der Waals surface area contributed by atoms with Crippen molar-refractivity contribution in [3.63, 3.8) is 0 Å². The molecule has 0 N–H and O–H groups in total. The first kappa shape index (κ1) is 27.0. The number of fused-ring (bicyclic) bond motifs is 6. The van der Waals surface area contributed by atoms with E-state index in [1.165, 1.54) is 86.2 Å². The van der Waals surface area contributed by atoms with Gasteiger partial charge >= 0.3 is 0 Å². The van der Waals surface area contributed by atoms with E-state index in [2.05, 4.69) is 164 Å². The van der Waals surface area contributed by atoms with Gasteiger partial charge in [-0.15, -0.1) is 11.3 Å². The molecule has 0 aliphatic carbocycles. The Bertz CT molecular complexity index is 2880. The third kappa shape index (κ3) is 4.51. The van der Waals surface area contributed by atoms with Crippen molar-refractivity contribution < 1.29 is 1.37 Å². The summed E-state index contributed by atoms with van der Waals surface area (Å²) in [7, 11) is 0. The third-order valence-corrected chi connectivity index (χ3v) is 11.2. The molecule has 10 aromatic rings. The molecular formula is C48H30S. The summed E-state index contributed by atoms with van der Waals surface area (Å²) in [6.45, 7) is 0. The van der Waals surface area contributed by atoms with Gasteiger partial charge in [-0.2, -0.15) is 0 Å². The summed E-state index contributed by atoms with van der Waals surface area (Å²) in [5.74, 6) is 0. The summed E-state index contributed by atoms with van der Waals surface area (Å²) < 4.78 is 10.7. The highest BCUT2D eigenvalue weighted by atomic mass is 32.1. The maximum Gasteiger partial charge on any atom is 0.0623 e. The van der Waals surface area contributed by atoms with E-state index in [4.69, 9.17) is 1.37 Å². The van der Waals surface area contributed by atoms with E-state index in [1.54, 1.807) is 0 Å². The fourth-order valence-corrected chi connectivity index (χ4v) is 9.05. The van der Waals surface area contributed by atoms with Crippen LogP contribution in [0.3, 0.4) is 0 Å². The lowest BCUT2D eigenvalue weighted by Gasteiger charge is -2.18. The summed E-state index contributed by atoms with van der Waals surface area (Å²) in [6, 6.07) is 64.1. The van der Waals surface area contributed by atoms with Crippen LogP contribution in [0.25, 0.3) is 97.0 Å². The predicted octanol–water partition coefficient (Wildman–Crippen LogP) is 14.2. The Kier molecular flexibility index (Phi) is 6.22. The van der Waals surface area contributed by atoms with Gasteiger partial charge in [-0.3, -0.25) is 0 Å². The molecule has 0 nitrogen and oxygen atoms in total. The van der Waals surface area contributed by atoms with E-state index >= 15 is 0 Å². The highest BCUT2D eigenvalue weighted by Crippen LogP contribution is 2.47. The zero-order valence-electron chi connectivity index (χ0n) is 27.7. The SMILES string of the molecule is [2H]c1ccc2cc(-c3c4ccccc4c(-c4cccc(-c5ccc(-c6ccccc6)c6sc7ccccc7c56)c4)c4ccccc34)ccc2c1. The van der Waals surface area contributed by atoms with Crippen LogP contribution in [-0.2, 0) is 0 Å². The lowest BCUT2D eigenvalue weighted by molar-refractivity contribution is 1.63. The summed E-state index contributed by atoms with van der Waals surface area (Å²) in [5.41, 5.74) is 9.91. The first-order chi connectivity index (χ1) is 24.7. The van der Waals surface area contributed by atoms with Gasteiger partial charge < -0.3 is 0 Å². The van der Waals surface area contributed by atoms with Gasteiger partial charge in [0.15, 0.2) is 0 Å². The molecule has 0 spiro atoms. The Morgan fingerprint density at radius 2 is 0.959 bits per heavy atom. The summed E-state index contributed by atoms with van der Waals surface area (Å²) in [4.78, 5) is 0. The molecule has 1 aromatic heterocycles. The monoisotopic (exact) mass is 639 g/mol. The Balaban J connectivity index is 1.22. The van der Waals surface area contributed by atoms with Gasteiger partial charge in [0.1, 0.15) is 0 Å². The average Bonchev–Trinajstić information content (AvgIpc) is 3.56. The fourth-order valence-electron chi connectivity index (χ4n) is 7.79. The number of benzene rings is 9. The van der Waals surface area contributed by atoms with Gasteiger partial charge in [0.2, 0.25) is 0 Å². The quantitative estimate of drug-likeness (QED) is 0.168. The van der Waals surface area contributed by atoms with Crippen molar-refractivity contribution in [1.82, 2.24) is 0 Å². The van der Waals surface area contributed by atoms with Crippen molar-refractivity contribution in [3.8, 4) is 44.5 Å². The highest BCUT2D eigenvalue weighted by molar-refractivity contribution is 7.26. The number of rotatable bonds is 4. The van der Waals surface area contributed by atoms with E-state index in [9.17, 15) is 0 Å². The minimum atomic E-state index is 0.535. The van der Waals surface area contributed by atoms with Crippen molar-refractivity contribution in [3.05, 3.63) is 182 Å². The van der Waals surface area contributed by atoms with Crippen molar-refractivity contribution in [2.75, 3.05) is 0 Å². The number of hydrogen-bond acceptors (Lipinski definition) is 1. The summed E-state index contributed by atoms with van der Waals surface area (Å²) in [5, 5.41) is 9.82. The molecule has 228 valence electrons. The minimum absolute atomic E-state index is 0.535. The molecule has 0 aliphatic rings. The van der Waals surface area contributed by atoms with Gasteiger partial charge in [-0.1, -0.05) is 164 Å². The Morgan fingerprint density at radius 1 is 0.367 bits per heavy atom. The number of thiophene rings is 1. The van der Waals surface area contributed by atoms with Crippen LogP contribution in [0.2, 0.25) is 0 Å². The van der Waals surface area contributed by atoms with Crippen LogP contribution < -0.4 is 0 Å². The van der Waals surface area contributed by atoms with Crippen LogP contribution in [0.1, 0.15) is 1.37 Å². The average molecular weight is 640 g/mol. The molecule has 1 heterocycles. The van der Waals surface area contributed by atoms with Gasteiger partial charge in [0, 0.05) is 20.2 Å². The Labute approximate surface area is 290 Å². The molecule has 0 aliphatic heterocycles. The molecule has 49 heavy (non-hydrogen) atoms. The molecule has 0 unspecified atom stereocenters. The van der Waals surface area contributed by atoms with E-state index in [-0.39, 0.29) is 0 Å². The summed E-state index contributed by atoms with van der Waals surface area (Å²) >= 11 is 1.89. The molecule has 0 saturated carbocycles. The third-order valence-electron chi connectivity index (χ3n) is 9.98. The second-order valence-corrected chi connectivity index (χ2v) is 13.8. The van der Waals surface area contributed by atoms with E-state index in [0.717, 1.165) is 10.8 Å². The van der Waals surface area contributed by atoms with Crippen molar-refractivity contribution in [2.45, 2.75) is 0 Å². The standard InChI is InChI=1S/C48H30S/c1-2-14-32(15-3-1)38-28-27-37(47-43-23-10-11-24-44(43)49-48(38)47)34-17-12-18-35(30-34)45-39-19-6-8-21-41(39)46(42-22-9-7-20-40(42)45)36-26-25-31-13-4-5-16-33(31)29-36/h1-30H/i4D. The first-order valence-electron chi connectivity index (χ1n) is 17.3. The van der Waals surface area contributed by atoms with E-state index in [0.29, 0.717) is 6.04 Å². The molecule has 0 fully saturated rings. The molecule has 0 atom stereocenters. The predicted molar refractivity (Wildman–Crippen MR) is 214 cm³/mol. The molecule has 1 heteroatoms. The van der Waals surface area contributed by atoms with Crippen molar-refractivity contribution >= 4 is 63.8 Å². The highest BCUT2D eigenvalue weighted by Gasteiger charge is 2.19. The second kappa shape index (κ2) is 11.3. The first-order valence-corrected chi connectivity index (χ1v) is 17.6. The lowest BCUT2D eigenvalue weighted by Crippen LogP contribution is -1.91. The zero-order chi connectivity index (χ0) is 33.2. The molecule has 0 radical (unpaired) electrons. The Morgan fingerprint density at radius 3 is 1.69 bits per heavy atom. The smallest absolute Gasteiger partial charge is 0.0623 e. The number of hydrogen-bond donors (Lipinski definition) is 0. The summed E-state index contributed by atoms with van der Waals surface area (Å²) in [6.07, 6.45) is 0. The zero-order valence-corrected chi connectivity index (χ0v) is 27.5. The molecule has 0 saturated heterocycles. The van der Waals surface area contributed by atoms with Gasteiger partial charge in [-0.05, 0) is 95.0 Å². The fraction of sp³-hybridized carbons (Fsp3) is 0. The van der Waals surface area contributed by atoms with Crippen LogP contribution in [0.4, 0.5) is 0 Å². The maximum atomic E-state index is 8.10. The van der Waals surface area contributed by atoms with Crippen LogP contribution in [0.5, 0.6) is 0 Å². The van der Waals surface area contributed by atoms with E-state index < -0.39 is 0 Å². The van der Waals surface area contributed by atoms with Crippen LogP contribution >= 0.6 is 11.3 Å². The van der Waals surface area contributed by atoms with Gasteiger partial charge in [0.05, 0.1) is 1.37 Å². The molecule has 0 bridgehead atoms. The molecule has 9 aromatic carbocycles. The lowest BCUT2D eigenvalue weighted by atomic mass is 9.85. The topological polar surface area (TPSA) is 0 Å². The van der Waals surface area contributed by atoms with Crippen molar-refractivity contribution in [2.24, 2.45) is 0 Å². The largest absolute Gasteiger partial charge is 0.135 e. The van der Waals surface area contributed by atoms with Crippen LogP contribution in [-0.4, -0.2) is 0 Å². The Hall–Kier alpha value is -6.02. The van der Waals surface area contributed by atoms with Crippen LogP contribution in [0.15, 0.2) is 182 Å². The van der Waals surface area contributed by atoms with Gasteiger partial charge in [0.25, 0.3) is 0 Å². The molecule has 0 amide bonds. The minimum Gasteiger partial charge on any atom is -0.135 e. The van der Waals surface area contributed by atoms with Gasteiger partial charge in [-0.25, -0.2) is 0 Å².